The summed E-state index contributed by atoms with van der Waals surface area (Å²) in [5, 5.41) is 0. The molecular formula is C14H22N2O2S. The molecule has 106 valence electrons. The molecule has 1 saturated carbocycles. The number of hydrogen-bond acceptors (Lipinski definition) is 3. The Bertz CT molecular complexity index is 522. The van der Waals surface area contributed by atoms with Gasteiger partial charge in [-0.1, -0.05) is 38.0 Å². The van der Waals surface area contributed by atoms with E-state index in [4.69, 9.17) is 5.73 Å². The minimum atomic E-state index is -3.28. The molecule has 0 radical (unpaired) electrons. The molecule has 0 aromatic heterocycles. The normalized spacial score (nSPS) is 17.2. The van der Waals surface area contributed by atoms with Gasteiger partial charge in [-0.15, -0.1) is 0 Å². The Morgan fingerprint density at radius 2 is 1.89 bits per heavy atom. The van der Waals surface area contributed by atoms with Crippen LogP contribution in [0.15, 0.2) is 24.3 Å². The predicted molar refractivity (Wildman–Crippen MR) is 78.1 cm³/mol. The molecule has 1 aliphatic carbocycles. The maximum absolute atomic E-state index is 12.5. The lowest BCUT2D eigenvalue weighted by Gasteiger charge is -2.27. The number of sulfonamides is 1. The Balaban J connectivity index is 2.19. The van der Waals surface area contributed by atoms with Crippen LogP contribution in [0.25, 0.3) is 0 Å². The van der Waals surface area contributed by atoms with Gasteiger partial charge in [0.05, 0.1) is 5.75 Å². The number of rotatable bonds is 5. The fourth-order valence-corrected chi connectivity index (χ4v) is 4.70. The average molecular weight is 282 g/mol. The first-order valence-electron chi connectivity index (χ1n) is 6.87. The third kappa shape index (κ3) is 3.28. The lowest BCUT2D eigenvalue weighted by molar-refractivity contribution is 0.335. The molecule has 4 nitrogen and oxygen atoms in total. The molecular weight excluding hydrogens is 260 g/mol. The third-order valence-corrected chi connectivity index (χ3v) is 5.74. The highest BCUT2D eigenvalue weighted by molar-refractivity contribution is 7.88. The van der Waals surface area contributed by atoms with Crippen molar-refractivity contribution in [1.29, 1.82) is 0 Å². The van der Waals surface area contributed by atoms with Gasteiger partial charge in [-0.2, -0.15) is 4.31 Å². The van der Waals surface area contributed by atoms with Crippen LogP contribution in [0.1, 0.15) is 38.2 Å². The molecule has 0 spiro atoms. The number of nitrogens with zero attached hydrogens (tertiary/aromatic N) is 1. The predicted octanol–water partition coefficient (Wildman–Crippen LogP) is 2.36. The van der Waals surface area contributed by atoms with E-state index in [9.17, 15) is 8.42 Å². The summed E-state index contributed by atoms with van der Waals surface area (Å²) in [4.78, 5) is 0. The summed E-state index contributed by atoms with van der Waals surface area (Å²) in [7, 11) is -3.28. The number of nitrogens with two attached hydrogens (primary N) is 1. The van der Waals surface area contributed by atoms with Gasteiger partial charge in [0.1, 0.15) is 0 Å². The summed E-state index contributed by atoms with van der Waals surface area (Å²) in [5.74, 6) is 0.00398. The minimum Gasteiger partial charge on any atom is -0.398 e. The molecule has 0 aliphatic heterocycles. The molecule has 0 heterocycles. The molecule has 2 rings (SSSR count). The SMILES string of the molecule is CCN(C1CCCC1)S(=O)(=O)Cc1ccccc1N. The largest absolute Gasteiger partial charge is 0.398 e. The second-order valence-corrected chi connectivity index (χ2v) is 7.02. The Kier molecular flexibility index (Phi) is 4.47. The number of hydrogen-bond donors (Lipinski definition) is 1. The zero-order chi connectivity index (χ0) is 13.9. The maximum atomic E-state index is 12.5. The van der Waals surface area contributed by atoms with Crippen LogP contribution in [0.5, 0.6) is 0 Å². The van der Waals surface area contributed by atoms with E-state index in [0.29, 0.717) is 17.8 Å². The molecule has 0 amide bonds. The molecule has 1 aromatic carbocycles. The van der Waals surface area contributed by atoms with Gasteiger partial charge in [-0.3, -0.25) is 0 Å². The van der Waals surface area contributed by atoms with Crippen LogP contribution in [0.2, 0.25) is 0 Å². The van der Waals surface area contributed by atoms with Gasteiger partial charge in [0.25, 0.3) is 0 Å². The number of benzene rings is 1. The zero-order valence-corrected chi connectivity index (χ0v) is 12.2. The maximum Gasteiger partial charge on any atom is 0.218 e. The second kappa shape index (κ2) is 5.92. The van der Waals surface area contributed by atoms with Crippen LogP contribution in [0.4, 0.5) is 5.69 Å². The highest BCUT2D eigenvalue weighted by Crippen LogP contribution is 2.27. The first-order chi connectivity index (χ1) is 9.04. The number of para-hydroxylation sites is 1. The van der Waals surface area contributed by atoms with Crippen LogP contribution >= 0.6 is 0 Å². The fourth-order valence-electron chi connectivity index (χ4n) is 2.82. The minimum absolute atomic E-state index is 0.00398. The Morgan fingerprint density at radius 3 is 2.47 bits per heavy atom. The molecule has 0 unspecified atom stereocenters. The van der Waals surface area contributed by atoms with E-state index in [0.717, 1.165) is 25.7 Å². The van der Waals surface area contributed by atoms with E-state index in [-0.39, 0.29) is 11.8 Å². The Hall–Kier alpha value is -1.07. The Morgan fingerprint density at radius 1 is 1.26 bits per heavy atom. The van der Waals surface area contributed by atoms with Crippen molar-refractivity contribution in [2.45, 2.75) is 44.4 Å². The smallest absolute Gasteiger partial charge is 0.218 e. The Labute approximate surface area is 115 Å². The van der Waals surface area contributed by atoms with Crippen LogP contribution in [0, 0.1) is 0 Å². The summed E-state index contributed by atoms with van der Waals surface area (Å²) >= 11 is 0. The molecule has 5 heteroatoms. The average Bonchev–Trinajstić information content (AvgIpc) is 2.86. The van der Waals surface area contributed by atoms with Gasteiger partial charge in [0.15, 0.2) is 0 Å². The highest BCUT2D eigenvalue weighted by atomic mass is 32.2. The fraction of sp³-hybridized carbons (Fsp3) is 0.571. The van der Waals surface area contributed by atoms with Crippen molar-refractivity contribution in [2.24, 2.45) is 0 Å². The van der Waals surface area contributed by atoms with E-state index in [1.165, 1.54) is 0 Å². The van der Waals surface area contributed by atoms with E-state index in [1.54, 1.807) is 16.4 Å². The number of anilines is 1. The summed E-state index contributed by atoms with van der Waals surface area (Å²) in [6, 6.07) is 7.36. The standard InChI is InChI=1S/C14H22N2O2S/c1-2-16(13-8-4-5-9-13)19(17,18)11-12-7-3-6-10-14(12)15/h3,6-7,10,13H,2,4-5,8-9,11,15H2,1H3. The molecule has 19 heavy (non-hydrogen) atoms. The summed E-state index contributed by atoms with van der Waals surface area (Å²) in [5.41, 5.74) is 7.08. The highest BCUT2D eigenvalue weighted by Gasteiger charge is 2.30. The summed E-state index contributed by atoms with van der Waals surface area (Å²) in [6.07, 6.45) is 4.23. The topological polar surface area (TPSA) is 63.4 Å². The van der Waals surface area contributed by atoms with Crippen LogP contribution in [-0.4, -0.2) is 25.3 Å². The molecule has 1 aliphatic rings. The van der Waals surface area contributed by atoms with E-state index in [2.05, 4.69) is 0 Å². The van der Waals surface area contributed by atoms with Crippen molar-refractivity contribution in [3.8, 4) is 0 Å². The molecule has 0 atom stereocenters. The lowest BCUT2D eigenvalue weighted by Crippen LogP contribution is -2.39. The van der Waals surface area contributed by atoms with Gasteiger partial charge in [-0.05, 0) is 24.5 Å². The van der Waals surface area contributed by atoms with Crippen molar-refractivity contribution < 1.29 is 8.42 Å². The van der Waals surface area contributed by atoms with Crippen molar-refractivity contribution >= 4 is 15.7 Å². The monoisotopic (exact) mass is 282 g/mol. The van der Waals surface area contributed by atoms with Gasteiger partial charge >= 0.3 is 0 Å². The van der Waals surface area contributed by atoms with Gasteiger partial charge in [0, 0.05) is 18.3 Å². The number of nitrogen functional groups attached to an aromatic ring is 1. The van der Waals surface area contributed by atoms with Crippen molar-refractivity contribution in [1.82, 2.24) is 4.31 Å². The quantitative estimate of drug-likeness (QED) is 0.843. The van der Waals surface area contributed by atoms with Crippen LogP contribution in [0.3, 0.4) is 0 Å². The van der Waals surface area contributed by atoms with Crippen LogP contribution < -0.4 is 5.73 Å². The first kappa shape index (κ1) is 14.3. The molecule has 2 N–H and O–H groups in total. The molecule has 0 saturated heterocycles. The van der Waals surface area contributed by atoms with Gasteiger partial charge in [0.2, 0.25) is 10.0 Å². The molecule has 1 fully saturated rings. The second-order valence-electron chi connectivity index (χ2n) is 5.10. The molecule has 1 aromatic rings. The van der Waals surface area contributed by atoms with E-state index >= 15 is 0 Å². The summed E-state index contributed by atoms with van der Waals surface area (Å²) in [6.45, 7) is 2.45. The van der Waals surface area contributed by atoms with Gasteiger partial charge < -0.3 is 5.73 Å². The third-order valence-electron chi connectivity index (χ3n) is 3.79. The zero-order valence-electron chi connectivity index (χ0n) is 11.4. The van der Waals surface area contributed by atoms with Crippen molar-refractivity contribution in [3.63, 3.8) is 0 Å². The van der Waals surface area contributed by atoms with E-state index in [1.807, 2.05) is 19.1 Å². The molecule has 0 bridgehead atoms. The summed E-state index contributed by atoms with van der Waals surface area (Å²) < 4.78 is 26.7. The van der Waals surface area contributed by atoms with E-state index < -0.39 is 10.0 Å². The van der Waals surface area contributed by atoms with Gasteiger partial charge in [-0.25, -0.2) is 8.42 Å². The van der Waals surface area contributed by atoms with Crippen LogP contribution in [-0.2, 0) is 15.8 Å². The van der Waals surface area contributed by atoms with Crippen molar-refractivity contribution in [3.05, 3.63) is 29.8 Å². The first-order valence-corrected chi connectivity index (χ1v) is 8.48. The lowest BCUT2D eigenvalue weighted by atomic mass is 10.2. The van der Waals surface area contributed by atoms with Crippen molar-refractivity contribution in [2.75, 3.05) is 12.3 Å².